The highest BCUT2D eigenvalue weighted by Crippen LogP contribution is 2.02. The molecule has 0 aliphatic heterocycles. The van der Waals surface area contributed by atoms with E-state index in [1.807, 2.05) is 19.1 Å². The summed E-state index contributed by atoms with van der Waals surface area (Å²) in [5.74, 6) is 0. The number of hydrogen-bond acceptors (Lipinski definition) is 3. The van der Waals surface area contributed by atoms with Crippen LogP contribution in [-0.2, 0) is 10.0 Å². The summed E-state index contributed by atoms with van der Waals surface area (Å²) in [4.78, 5) is 0. The molecule has 0 saturated carbocycles. The van der Waals surface area contributed by atoms with Gasteiger partial charge in [0.2, 0.25) is 10.0 Å². The maximum absolute atomic E-state index is 10.5. The van der Waals surface area contributed by atoms with E-state index in [0.717, 1.165) is 11.0 Å². The summed E-state index contributed by atoms with van der Waals surface area (Å²) >= 11 is 0. The SMILES string of the molecule is C\C=C/C(=C\C=C\S(N)(=O)=O)CCN. The quantitative estimate of drug-likeness (QED) is 0.661. The first kappa shape index (κ1) is 13.1. The number of allylic oxidation sites excluding steroid dienone is 4. The van der Waals surface area contributed by atoms with Crippen LogP contribution in [0, 0.1) is 0 Å². The Morgan fingerprint density at radius 2 is 2.07 bits per heavy atom. The van der Waals surface area contributed by atoms with Crippen molar-refractivity contribution >= 4 is 10.0 Å². The monoisotopic (exact) mass is 216 g/mol. The Balaban J connectivity index is 4.52. The third-order valence-corrected chi connectivity index (χ3v) is 1.93. The van der Waals surface area contributed by atoms with Crippen LogP contribution in [0.1, 0.15) is 13.3 Å². The average Bonchev–Trinajstić information content (AvgIpc) is 2.02. The molecule has 0 spiro atoms. The number of primary sulfonamides is 1. The van der Waals surface area contributed by atoms with Crippen LogP contribution in [0.25, 0.3) is 0 Å². The second-order valence-corrected chi connectivity index (χ2v) is 4.15. The van der Waals surface area contributed by atoms with E-state index in [0.29, 0.717) is 13.0 Å². The van der Waals surface area contributed by atoms with Crippen LogP contribution in [0.5, 0.6) is 0 Å². The van der Waals surface area contributed by atoms with Crippen LogP contribution in [0.3, 0.4) is 0 Å². The highest BCUT2D eigenvalue weighted by atomic mass is 32.2. The van der Waals surface area contributed by atoms with Crippen molar-refractivity contribution in [2.24, 2.45) is 10.9 Å². The molecule has 4 N–H and O–H groups in total. The molecular formula is C9H16N2O2S. The highest BCUT2D eigenvalue weighted by Gasteiger charge is 1.92. The van der Waals surface area contributed by atoms with E-state index in [9.17, 15) is 8.42 Å². The van der Waals surface area contributed by atoms with Crippen molar-refractivity contribution in [3.63, 3.8) is 0 Å². The van der Waals surface area contributed by atoms with Gasteiger partial charge >= 0.3 is 0 Å². The Kier molecular flexibility index (Phi) is 6.11. The molecule has 0 atom stereocenters. The first-order valence-electron chi connectivity index (χ1n) is 4.22. The van der Waals surface area contributed by atoms with Gasteiger partial charge in [0.05, 0.1) is 0 Å². The van der Waals surface area contributed by atoms with Gasteiger partial charge in [0.25, 0.3) is 0 Å². The van der Waals surface area contributed by atoms with E-state index in [2.05, 4.69) is 0 Å². The second-order valence-electron chi connectivity index (χ2n) is 2.70. The van der Waals surface area contributed by atoms with E-state index in [1.54, 1.807) is 6.08 Å². The molecule has 0 aromatic rings. The zero-order chi connectivity index (χ0) is 11.0. The number of rotatable bonds is 5. The van der Waals surface area contributed by atoms with E-state index in [4.69, 9.17) is 10.9 Å². The maximum atomic E-state index is 10.5. The molecule has 0 unspecified atom stereocenters. The normalized spacial score (nSPS) is 14.4. The molecule has 80 valence electrons. The van der Waals surface area contributed by atoms with Gasteiger partial charge in [-0.3, -0.25) is 0 Å². The van der Waals surface area contributed by atoms with Crippen LogP contribution >= 0.6 is 0 Å². The highest BCUT2D eigenvalue weighted by molar-refractivity contribution is 7.92. The van der Waals surface area contributed by atoms with Crippen molar-refractivity contribution in [1.29, 1.82) is 0 Å². The molecule has 4 nitrogen and oxygen atoms in total. The molecule has 0 radical (unpaired) electrons. The largest absolute Gasteiger partial charge is 0.330 e. The van der Waals surface area contributed by atoms with E-state index in [-0.39, 0.29) is 0 Å². The Labute approximate surface area is 85.0 Å². The van der Waals surface area contributed by atoms with Gasteiger partial charge in [-0.15, -0.1) is 0 Å². The smallest absolute Gasteiger partial charge is 0.231 e. The lowest BCUT2D eigenvalue weighted by molar-refractivity contribution is 0.606. The lowest BCUT2D eigenvalue weighted by atomic mass is 10.1. The van der Waals surface area contributed by atoms with Crippen LogP contribution < -0.4 is 10.9 Å². The van der Waals surface area contributed by atoms with E-state index < -0.39 is 10.0 Å². The standard InChI is InChI=1S/C9H16N2O2S/c1-2-4-9(6-7-10)5-3-8-14(11,12)13/h2-5,8H,6-7,10H2,1H3,(H2,11,12,13)/b4-2-,8-3+,9-5+. The van der Waals surface area contributed by atoms with Crippen molar-refractivity contribution in [3.8, 4) is 0 Å². The van der Waals surface area contributed by atoms with Crippen LogP contribution in [0.15, 0.2) is 35.3 Å². The van der Waals surface area contributed by atoms with Crippen molar-refractivity contribution < 1.29 is 8.42 Å². The molecule has 0 aromatic carbocycles. The molecule has 0 aliphatic rings. The van der Waals surface area contributed by atoms with Gasteiger partial charge in [0.15, 0.2) is 0 Å². The predicted octanol–water partition coefficient (Wildman–Crippen LogP) is 0.640. The Morgan fingerprint density at radius 1 is 1.43 bits per heavy atom. The minimum Gasteiger partial charge on any atom is -0.330 e. The van der Waals surface area contributed by atoms with Gasteiger partial charge in [-0.25, -0.2) is 13.6 Å². The molecular weight excluding hydrogens is 200 g/mol. The average molecular weight is 216 g/mol. The summed E-state index contributed by atoms with van der Waals surface area (Å²) in [6.45, 7) is 2.41. The van der Waals surface area contributed by atoms with Crippen molar-refractivity contribution in [3.05, 3.63) is 35.3 Å². The summed E-state index contributed by atoms with van der Waals surface area (Å²) in [6.07, 6.45) is 7.53. The molecule has 0 aromatic heterocycles. The number of sulfonamides is 1. The fourth-order valence-electron chi connectivity index (χ4n) is 0.875. The number of hydrogen-bond donors (Lipinski definition) is 2. The van der Waals surface area contributed by atoms with Gasteiger partial charge in [-0.05, 0) is 31.5 Å². The van der Waals surface area contributed by atoms with Gasteiger partial charge in [0, 0.05) is 5.41 Å². The minimum atomic E-state index is -3.53. The van der Waals surface area contributed by atoms with E-state index in [1.165, 1.54) is 6.08 Å². The molecule has 0 rings (SSSR count). The molecule has 0 bridgehead atoms. The van der Waals surface area contributed by atoms with Gasteiger partial charge in [0.1, 0.15) is 0 Å². The fraction of sp³-hybridized carbons (Fsp3) is 0.333. The molecule has 5 heteroatoms. The third kappa shape index (κ3) is 7.72. The summed E-state index contributed by atoms with van der Waals surface area (Å²) in [6, 6.07) is 0. The zero-order valence-electron chi connectivity index (χ0n) is 8.18. The lowest BCUT2D eigenvalue weighted by Crippen LogP contribution is -2.06. The van der Waals surface area contributed by atoms with Crippen LogP contribution in [0.4, 0.5) is 0 Å². The Bertz CT molecular complexity index is 340. The maximum Gasteiger partial charge on any atom is 0.231 e. The molecule has 0 fully saturated rings. The lowest BCUT2D eigenvalue weighted by Gasteiger charge is -1.96. The predicted molar refractivity (Wildman–Crippen MR) is 58.8 cm³/mol. The molecule has 0 saturated heterocycles. The number of nitrogens with two attached hydrogens (primary N) is 2. The fourth-order valence-corrected chi connectivity index (χ4v) is 1.17. The molecule has 0 aliphatic carbocycles. The first-order valence-corrected chi connectivity index (χ1v) is 5.83. The van der Waals surface area contributed by atoms with Crippen molar-refractivity contribution in [2.75, 3.05) is 6.54 Å². The molecule has 14 heavy (non-hydrogen) atoms. The van der Waals surface area contributed by atoms with Crippen molar-refractivity contribution in [2.45, 2.75) is 13.3 Å². The van der Waals surface area contributed by atoms with E-state index >= 15 is 0 Å². The minimum absolute atomic E-state index is 0.527. The second kappa shape index (κ2) is 6.53. The zero-order valence-corrected chi connectivity index (χ0v) is 9.00. The Morgan fingerprint density at radius 3 is 2.50 bits per heavy atom. The molecule has 0 heterocycles. The van der Waals surface area contributed by atoms with Crippen LogP contribution in [-0.4, -0.2) is 15.0 Å². The Hall–Kier alpha value is -0.910. The topological polar surface area (TPSA) is 86.2 Å². The van der Waals surface area contributed by atoms with Crippen LogP contribution in [0.2, 0.25) is 0 Å². The van der Waals surface area contributed by atoms with Gasteiger partial charge in [-0.2, -0.15) is 0 Å². The molecule has 0 amide bonds. The summed E-state index contributed by atoms with van der Waals surface area (Å²) < 4.78 is 21.1. The first-order chi connectivity index (χ1) is 6.49. The van der Waals surface area contributed by atoms with Gasteiger partial charge < -0.3 is 5.73 Å². The summed E-state index contributed by atoms with van der Waals surface area (Å²) in [7, 11) is -3.53. The third-order valence-electron chi connectivity index (χ3n) is 1.39. The summed E-state index contributed by atoms with van der Waals surface area (Å²) in [5, 5.41) is 5.73. The van der Waals surface area contributed by atoms with Crippen molar-refractivity contribution in [1.82, 2.24) is 0 Å². The van der Waals surface area contributed by atoms with Gasteiger partial charge in [-0.1, -0.05) is 18.2 Å². The summed E-state index contributed by atoms with van der Waals surface area (Å²) in [5.41, 5.74) is 6.34.